The summed E-state index contributed by atoms with van der Waals surface area (Å²) in [6, 6.07) is 0. The van der Waals surface area contributed by atoms with Crippen LogP contribution in [-0.2, 0) is 0 Å². The maximum absolute atomic E-state index is 3.97. The van der Waals surface area contributed by atoms with Crippen molar-refractivity contribution in [3.63, 3.8) is 0 Å². The lowest BCUT2D eigenvalue weighted by Crippen LogP contribution is -2.46. The molecule has 3 fully saturated rings. The molecular formula is C8H13N5. The maximum Gasteiger partial charge on any atom is 0.140 e. The van der Waals surface area contributed by atoms with Crippen LogP contribution in [0.4, 0.5) is 0 Å². The smallest absolute Gasteiger partial charge is 0.140 e. The fourth-order valence-corrected chi connectivity index (χ4v) is 2.51. The molecule has 4 rings (SSSR count). The molecule has 3 aliphatic heterocycles. The van der Waals surface area contributed by atoms with Gasteiger partial charge in [-0.1, -0.05) is 0 Å². The SMILES string of the molecule is c1nnnn1C1CC2CCN1CC2. The first-order valence-electron chi connectivity index (χ1n) is 4.90. The number of nitrogens with zero attached hydrogens (tertiary/aromatic N) is 5. The molecule has 1 unspecified atom stereocenters. The van der Waals surface area contributed by atoms with E-state index < -0.39 is 0 Å². The van der Waals surface area contributed by atoms with Crippen LogP contribution in [0.15, 0.2) is 6.33 Å². The van der Waals surface area contributed by atoms with E-state index in [4.69, 9.17) is 0 Å². The minimum absolute atomic E-state index is 0.433. The van der Waals surface area contributed by atoms with Crippen LogP contribution < -0.4 is 0 Å². The summed E-state index contributed by atoms with van der Waals surface area (Å²) < 4.78 is 1.89. The van der Waals surface area contributed by atoms with Crippen LogP contribution >= 0.6 is 0 Å². The third kappa shape index (κ3) is 1.14. The Kier molecular flexibility index (Phi) is 1.58. The second kappa shape index (κ2) is 2.77. The van der Waals surface area contributed by atoms with Crippen molar-refractivity contribution in [3.05, 3.63) is 6.33 Å². The van der Waals surface area contributed by atoms with Gasteiger partial charge in [0, 0.05) is 13.1 Å². The highest BCUT2D eigenvalue weighted by Gasteiger charge is 2.34. The molecule has 1 atom stereocenters. The fraction of sp³-hybridized carbons (Fsp3) is 0.875. The summed E-state index contributed by atoms with van der Waals surface area (Å²) in [5.41, 5.74) is 0. The molecule has 0 radical (unpaired) electrons. The Morgan fingerprint density at radius 2 is 2.08 bits per heavy atom. The summed E-state index contributed by atoms with van der Waals surface area (Å²) in [5, 5.41) is 11.3. The van der Waals surface area contributed by atoms with Gasteiger partial charge in [-0.15, -0.1) is 5.10 Å². The van der Waals surface area contributed by atoms with Gasteiger partial charge in [-0.2, -0.15) is 0 Å². The Morgan fingerprint density at radius 3 is 2.62 bits per heavy atom. The Hall–Kier alpha value is -0.970. The molecule has 0 aliphatic carbocycles. The van der Waals surface area contributed by atoms with Gasteiger partial charge in [0.15, 0.2) is 0 Å². The van der Waals surface area contributed by atoms with Crippen LogP contribution in [0.1, 0.15) is 25.4 Å². The maximum atomic E-state index is 3.97. The topological polar surface area (TPSA) is 46.8 Å². The fourth-order valence-electron chi connectivity index (χ4n) is 2.51. The number of rotatable bonds is 1. The summed E-state index contributed by atoms with van der Waals surface area (Å²) in [6.45, 7) is 2.43. The van der Waals surface area contributed by atoms with E-state index in [2.05, 4.69) is 20.4 Å². The number of fused-ring (bicyclic) bond motifs is 3. The van der Waals surface area contributed by atoms with Crippen LogP contribution in [0.5, 0.6) is 0 Å². The van der Waals surface area contributed by atoms with Crippen LogP contribution in [0.25, 0.3) is 0 Å². The first-order valence-corrected chi connectivity index (χ1v) is 4.90. The molecule has 5 heteroatoms. The average Bonchev–Trinajstić information content (AvgIpc) is 2.72. The van der Waals surface area contributed by atoms with E-state index in [1.807, 2.05) is 4.68 Å². The predicted octanol–water partition coefficient (Wildman–Crippen LogP) is 0.287. The van der Waals surface area contributed by atoms with E-state index >= 15 is 0 Å². The number of aromatic nitrogens is 4. The molecule has 5 nitrogen and oxygen atoms in total. The van der Waals surface area contributed by atoms with E-state index in [1.54, 1.807) is 6.33 Å². The van der Waals surface area contributed by atoms with Gasteiger partial charge in [-0.3, -0.25) is 4.90 Å². The third-order valence-corrected chi connectivity index (χ3v) is 3.29. The second-order valence-electron chi connectivity index (χ2n) is 3.99. The summed E-state index contributed by atoms with van der Waals surface area (Å²) >= 11 is 0. The van der Waals surface area contributed by atoms with E-state index in [-0.39, 0.29) is 0 Å². The van der Waals surface area contributed by atoms with Crippen molar-refractivity contribution >= 4 is 0 Å². The van der Waals surface area contributed by atoms with Crippen LogP contribution in [0.3, 0.4) is 0 Å². The molecule has 70 valence electrons. The quantitative estimate of drug-likeness (QED) is 0.621. The van der Waals surface area contributed by atoms with Crippen molar-refractivity contribution in [2.75, 3.05) is 13.1 Å². The predicted molar refractivity (Wildman–Crippen MR) is 45.8 cm³/mol. The molecule has 0 saturated carbocycles. The number of hydrogen-bond donors (Lipinski definition) is 0. The van der Waals surface area contributed by atoms with E-state index in [0.29, 0.717) is 6.17 Å². The zero-order chi connectivity index (χ0) is 8.67. The molecule has 0 spiro atoms. The van der Waals surface area contributed by atoms with Crippen LogP contribution in [-0.4, -0.2) is 38.2 Å². The largest absolute Gasteiger partial charge is 0.282 e. The Labute approximate surface area is 76.7 Å². The molecule has 13 heavy (non-hydrogen) atoms. The molecule has 3 aliphatic rings. The lowest BCUT2D eigenvalue weighted by molar-refractivity contribution is 0.00200. The molecular weight excluding hydrogens is 166 g/mol. The van der Waals surface area contributed by atoms with Gasteiger partial charge in [0.05, 0.1) is 0 Å². The Balaban J connectivity index is 1.85. The number of hydrogen-bond acceptors (Lipinski definition) is 4. The van der Waals surface area contributed by atoms with Crippen molar-refractivity contribution in [1.29, 1.82) is 0 Å². The molecule has 3 saturated heterocycles. The van der Waals surface area contributed by atoms with Crippen LogP contribution in [0, 0.1) is 5.92 Å². The molecule has 0 amide bonds. The summed E-state index contributed by atoms with van der Waals surface area (Å²) in [4.78, 5) is 2.48. The first-order chi connectivity index (χ1) is 6.43. The van der Waals surface area contributed by atoms with Gasteiger partial charge in [0.2, 0.25) is 0 Å². The van der Waals surface area contributed by atoms with E-state index in [1.165, 1.54) is 32.4 Å². The summed E-state index contributed by atoms with van der Waals surface area (Å²) in [5.74, 6) is 0.902. The van der Waals surface area contributed by atoms with Gasteiger partial charge in [-0.25, -0.2) is 4.68 Å². The Morgan fingerprint density at radius 1 is 1.23 bits per heavy atom. The molecule has 2 bridgehead atoms. The summed E-state index contributed by atoms with van der Waals surface area (Å²) in [6.07, 6.45) is 6.11. The summed E-state index contributed by atoms with van der Waals surface area (Å²) in [7, 11) is 0. The van der Waals surface area contributed by atoms with Crippen molar-refractivity contribution in [2.24, 2.45) is 5.92 Å². The van der Waals surface area contributed by atoms with E-state index in [0.717, 1.165) is 5.92 Å². The second-order valence-corrected chi connectivity index (χ2v) is 3.99. The van der Waals surface area contributed by atoms with Crippen molar-refractivity contribution in [3.8, 4) is 0 Å². The van der Waals surface area contributed by atoms with Gasteiger partial charge in [0.1, 0.15) is 12.5 Å². The van der Waals surface area contributed by atoms with Gasteiger partial charge < -0.3 is 0 Å². The molecule has 0 aromatic carbocycles. The van der Waals surface area contributed by atoms with Crippen molar-refractivity contribution in [1.82, 2.24) is 25.1 Å². The van der Waals surface area contributed by atoms with Gasteiger partial charge in [0.25, 0.3) is 0 Å². The third-order valence-electron chi connectivity index (χ3n) is 3.29. The molecule has 1 aromatic heterocycles. The highest BCUT2D eigenvalue weighted by molar-refractivity contribution is 4.84. The zero-order valence-electron chi connectivity index (χ0n) is 7.50. The highest BCUT2D eigenvalue weighted by atomic mass is 15.6. The van der Waals surface area contributed by atoms with E-state index in [9.17, 15) is 0 Å². The Bertz CT molecular complexity index is 275. The van der Waals surface area contributed by atoms with Crippen molar-refractivity contribution < 1.29 is 0 Å². The average molecular weight is 179 g/mol. The number of tetrazole rings is 1. The van der Waals surface area contributed by atoms with Crippen LogP contribution in [0.2, 0.25) is 0 Å². The lowest BCUT2D eigenvalue weighted by Gasteiger charge is -2.44. The molecule has 1 aromatic rings. The van der Waals surface area contributed by atoms with Crippen molar-refractivity contribution in [2.45, 2.75) is 25.4 Å². The normalized spacial score (nSPS) is 38.0. The highest BCUT2D eigenvalue weighted by Crippen LogP contribution is 2.36. The van der Waals surface area contributed by atoms with Gasteiger partial charge in [-0.05, 0) is 35.6 Å². The molecule has 0 N–H and O–H groups in total. The first kappa shape index (κ1) is 7.44. The number of piperidine rings is 3. The monoisotopic (exact) mass is 179 g/mol. The molecule has 4 heterocycles. The lowest BCUT2D eigenvalue weighted by atomic mass is 9.86. The minimum atomic E-state index is 0.433. The standard InChI is InChI=1S/C8H13N5/c1-3-12-4-2-7(1)5-8(12)13-6-9-10-11-13/h6-8H,1-5H2. The minimum Gasteiger partial charge on any atom is -0.282 e. The van der Waals surface area contributed by atoms with Gasteiger partial charge >= 0.3 is 0 Å². The zero-order valence-corrected chi connectivity index (χ0v) is 7.50.